The summed E-state index contributed by atoms with van der Waals surface area (Å²) < 4.78 is 10.5. The molecular formula is C16H17NO3. The number of benzene rings is 2. The molecule has 4 nitrogen and oxygen atoms in total. The summed E-state index contributed by atoms with van der Waals surface area (Å²) in [7, 11) is 1.34. The van der Waals surface area contributed by atoms with Gasteiger partial charge in [-0.15, -0.1) is 0 Å². The molecule has 20 heavy (non-hydrogen) atoms. The second kappa shape index (κ2) is 5.65. The molecule has 2 rings (SSSR count). The van der Waals surface area contributed by atoms with E-state index in [1.807, 2.05) is 32.0 Å². The fourth-order valence-corrected chi connectivity index (χ4v) is 1.82. The van der Waals surface area contributed by atoms with E-state index in [1.54, 1.807) is 18.2 Å². The number of methoxy groups -OCH3 is 1. The van der Waals surface area contributed by atoms with E-state index in [1.165, 1.54) is 7.11 Å². The number of hydrogen-bond acceptors (Lipinski definition) is 4. The molecule has 0 heterocycles. The van der Waals surface area contributed by atoms with Crippen LogP contribution in [0.25, 0.3) is 0 Å². The van der Waals surface area contributed by atoms with Gasteiger partial charge in [0, 0.05) is 0 Å². The summed E-state index contributed by atoms with van der Waals surface area (Å²) in [5.41, 5.74) is 8.93. The molecule has 0 radical (unpaired) electrons. The maximum Gasteiger partial charge on any atom is 0.337 e. The molecule has 2 N–H and O–H groups in total. The van der Waals surface area contributed by atoms with Gasteiger partial charge in [-0.1, -0.05) is 12.1 Å². The van der Waals surface area contributed by atoms with Crippen molar-refractivity contribution in [1.82, 2.24) is 0 Å². The predicted molar refractivity (Wildman–Crippen MR) is 78.2 cm³/mol. The summed E-state index contributed by atoms with van der Waals surface area (Å²) in [6.45, 7) is 3.99. The average molecular weight is 271 g/mol. The topological polar surface area (TPSA) is 61.5 Å². The van der Waals surface area contributed by atoms with Gasteiger partial charge in [-0.2, -0.15) is 0 Å². The van der Waals surface area contributed by atoms with Crippen LogP contribution in [0.2, 0.25) is 0 Å². The quantitative estimate of drug-likeness (QED) is 0.686. The largest absolute Gasteiger partial charge is 0.465 e. The highest BCUT2D eigenvalue weighted by Gasteiger charge is 2.11. The van der Waals surface area contributed by atoms with Crippen molar-refractivity contribution < 1.29 is 14.3 Å². The molecule has 0 bridgehead atoms. The predicted octanol–water partition coefficient (Wildman–Crippen LogP) is 3.46. The minimum atomic E-state index is -0.421. The van der Waals surface area contributed by atoms with Gasteiger partial charge in [-0.3, -0.25) is 0 Å². The van der Waals surface area contributed by atoms with Crippen LogP contribution in [0.15, 0.2) is 36.4 Å². The van der Waals surface area contributed by atoms with E-state index in [2.05, 4.69) is 4.74 Å². The van der Waals surface area contributed by atoms with E-state index < -0.39 is 5.97 Å². The minimum absolute atomic E-state index is 0.405. The molecule has 0 amide bonds. The summed E-state index contributed by atoms with van der Waals surface area (Å²) in [5.74, 6) is 0.746. The fourth-order valence-electron chi connectivity index (χ4n) is 1.82. The Labute approximate surface area is 118 Å². The minimum Gasteiger partial charge on any atom is -0.465 e. The van der Waals surface area contributed by atoms with Crippen LogP contribution >= 0.6 is 0 Å². The van der Waals surface area contributed by atoms with Crippen LogP contribution in [0.5, 0.6) is 11.5 Å². The molecule has 0 aromatic heterocycles. The lowest BCUT2D eigenvalue weighted by Crippen LogP contribution is -2.03. The van der Waals surface area contributed by atoms with Crippen molar-refractivity contribution in [2.24, 2.45) is 0 Å². The first kappa shape index (κ1) is 13.9. The molecule has 104 valence electrons. The first-order chi connectivity index (χ1) is 9.52. The van der Waals surface area contributed by atoms with Crippen LogP contribution in [0.4, 0.5) is 5.69 Å². The number of ether oxygens (including phenoxy) is 2. The van der Waals surface area contributed by atoms with Gasteiger partial charge in [-0.25, -0.2) is 4.79 Å². The number of nitrogens with two attached hydrogens (primary N) is 1. The second-order valence-electron chi connectivity index (χ2n) is 4.54. The second-order valence-corrected chi connectivity index (χ2v) is 4.54. The Balaban J connectivity index is 2.38. The van der Waals surface area contributed by atoms with E-state index in [-0.39, 0.29) is 0 Å². The van der Waals surface area contributed by atoms with Crippen molar-refractivity contribution >= 4 is 11.7 Å². The third-order valence-corrected chi connectivity index (χ3v) is 3.21. The van der Waals surface area contributed by atoms with Gasteiger partial charge in [0.15, 0.2) is 5.75 Å². The van der Waals surface area contributed by atoms with Crippen LogP contribution < -0.4 is 10.5 Å². The fraction of sp³-hybridized carbons (Fsp3) is 0.188. The number of aryl methyl sites for hydroxylation is 1. The highest BCUT2D eigenvalue weighted by Crippen LogP contribution is 2.31. The van der Waals surface area contributed by atoms with Crippen molar-refractivity contribution in [3.63, 3.8) is 0 Å². The van der Waals surface area contributed by atoms with Crippen LogP contribution in [-0.4, -0.2) is 13.1 Å². The molecule has 0 aliphatic rings. The molecule has 2 aromatic rings. The summed E-state index contributed by atoms with van der Waals surface area (Å²) in [6.07, 6.45) is 0. The Morgan fingerprint density at radius 1 is 1.10 bits per heavy atom. The van der Waals surface area contributed by atoms with E-state index in [4.69, 9.17) is 10.5 Å². The highest BCUT2D eigenvalue weighted by molar-refractivity contribution is 5.90. The Hall–Kier alpha value is -2.49. The van der Waals surface area contributed by atoms with Crippen LogP contribution in [0, 0.1) is 13.8 Å². The molecule has 0 unspecified atom stereocenters. The lowest BCUT2D eigenvalue weighted by atomic mass is 10.1. The van der Waals surface area contributed by atoms with Crippen LogP contribution in [-0.2, 0) is 4.74 Å². The maximum atomic E-state index is 11.5. The number of esters is 1. The molecular weight excluding hydrogens is 254 g/mol. The molecule has 0 spiro atoms. The normalized spacial score (nSPS) is 10.2. The Bertz CT molecular complexity index is 650. The number of nitrogen functional groups attached to an aromatic ring is 1. The first-order valence-corrected chi connectivity index (χ1v) is 6.25. The smallest absolute Gasteiger partial charge is 0.337 e. The number of carbonyl (C=O) groups excluding carboxylic acids is 1. The van der Waals surface area contributed by atoms with Crippen LogP contribution in [0.1, 0.15) is 21.5 Å². The number of rotatable bonds is 3. The number of anilines is 1. The maximum absolute atomic E-state index is 11.5. The number of hydrogen-bond donors (Lipinski definition) is 1. The molecule has 0 saturated carbocycles. The van der Waals surface area contributed by atoms with Gasteiger partial charge in [0.1, 0.15) is 5.75 Å². The molecule has 4 heteroatoms. The van der Waals surface area contributed by atoms with E-state index in [0.717, 1.165) is 16.9 Å². The van der Waals surface area contributed by atoms with E-state index in [0.29, 0.717) is 17.0 Å². The van der Waals surface area contributed by atoms with Crippen molar-refractivity contribution in [2.75, 3.05) is 12.8 Å². The molecule has 0 aliphatic carbocycles. The Morgan fingerprint density at radius 3 is 2.55 bits per heavy atom. The standard InChI is InChI=1S/C16H17NO3/c1-10-5-4-6-14(11(10)2)20-15-9-12(16(18)19-3)7-8-13(15)17/h4-9H,17H2,1-3H3. The van der Waals surface area contributed by atoms with E-state index >= 15 is 0 Å². The van der Waals surface area contributed by atoms with Crippen molar-refractivity contribution in [2.45, 2.75) is 13.8 Å². The molecule has 2 aromatic carbocycles. The molecule has 0 fully saturated rings. The highest BCUT2D eigenvalue weighted by atomic mass is 16.5. The molecule has 0 aliphatic heterocycles. The SMILES string of the molecule is COC(=O)c1ccc(N)c(Oc2cccc(C)c2C)c1. The Kier molecular flexibility index (Phi) is 3.94. The van der Waals surface area contributed by atoms with Gasteiger partial charge >= 0.3 is 5.97 Å². The molecule has 0 atom stereocenters. The third-order valence-electron chi connectivity index (χ3n) is 3.21. The lowest BCUT2D eigenvalue weighted by Gasteiger charge is -2.13. The summed E-state index contributed by atoms with van der Waals surface area (Å²) in [4.78, 5) is 11.5. The van der Waals surface area contributed by atoms with E-state index in [9.17, 15) is 4.79 Å². The van der Waals surface area contributed by atoms with Crippen molar-refractivity contribution in [3.05, 3.63) is 53.1 Å². The van der Waals surface area contributed by atoms with Gasteiger partial charge in [0.05, 0.1) is 18.4 Å². The zero-order valence-electron chi connectivity index (χ0n) is 11.8. The number of carbonyl (C=O) groups is 1. The zero-order chi connectivity index (χ0) is 14.7. The molecule has 0 saturated heterocycles. The summed E-state index contributed by atoms with van der Waals surface area (Å²) >= 11 is 0. The average Bonchev–Trinajstić information content (AvgIpc) is 2.45. The first-order valence-electron chi connectivity index (χ1n) is 6.25. The lowest BCUT2D eigenvalue weighted by molar-refractivity contribution is 0.0600. The van der Waals surface area contributed by atoms with Crippen molar-refractivity contribution in [3.8, 4) is 11.5 Å². The van der Waals surface area contributed by atoms with Crippen LogP contribution in [0.3, 0.4) is 0 Å². The Morgan fingerprint density at radius 2 is 1.85 bits per heavy atom. The van der Waals surface area contributed by atoms with Gasteiger partial charge < -0.3 is 15.2 Å². The summed E-state index contributed by atoms with van der Waals surface area (Å²) in [6, 6.07) is 10.6. The van der Waals surface area contributed by atoms with Gasteiger partial charge in [0.25, 0.3) is 0 Å². The van der Waals surface area contributed by atoms with Gasteiger partial charge in [0.2, 0.25) is 0 Å². The monoisotopic (exact) mass is 271 g/mol. The third kappa shape index (κ3) is 2.74. The summed E-state index contributed by atoms with van der Waals surface area (Å²) in [5, 5.41) is 0. The van der Waals surface area contributed by atoms with Crippen molar-refractivity contribution in [1.29, 1.82) is 0 Å². The zero-order valence-corrected chi connectivity index (χ0v) is 11.8. The van der Waals surface area contributed by atoms with Gasteiger partial charge in [-0.05, 0) is 49.2 Å².